The maximum atomic E-state index is 14.0. The molecule has 2 aromatic rings. The molecule has 1 fully saturated rings. The first-order chi connectivity index (χ1) is 15.2. The zero-order valence-electron chi connectivity index (χ0n) is 18.5. The van der Waals surface area contributed by atoms with Gasteiger partial charge in [0.1, 0.15) is 11.5 Å². The molecule has 0 spiro atoms. The quantitative estimate of drug-likeness (QED) is 0.619. The van der Waals surface area contributed by atoms with Gasteiger partial charge < -0.3 is 14.5 Å². The van der Waals surface area contributed by atoms with E-state index in [2.05, 4.69) is 13.8 Å². The number of aromatic nitrogens is 1. The average Bonchev–Trinajstić information content (AvgIpc) is 3.06. The molecular formula is C24H27ClFN3O3. The number of methoxy groups -OCH3 is 1. The van der Waals surface area contributed by atoms with Gasteiger partial charge in [-0.2, -0.15) is 0 Å². The number of carbonyl (C=O) groups is 2. The number of halogens is 2. The standard InChI is InChI=1S/C24H27ClFN3O3/c1-24(2)14-29(16-4-5-17(25)18(26)13-16)20-7-6-19(27-22(20)24)23(31)28-10-8-15(9-11-28)12-21(30)32-3/h4-7,13,15H,8-12,14H2,1-3H3. The van der Waals surface area contributed by atoms with Crippen molar-refractivity contribution in [2.45, 2.75) is 38.5 Å². The molecule has 2 aliphatic heterocycles. The van der Waals surface area contributed by atoms with Crippen LogP contribution in [0.2, 0.25) is 5.02 Å². The Hall–Kier alpha value is -2.67. The van der Waals surface area contributed by atoms with Crippen LogP contribution in [0.3, 0.4) is 0 Å². The van der Waals surface area contributed by atoms with Gasteiger partial charge in [-0.15, -0.1) is 0 Å². The minimum Gasteiger partial charge on any atom is -0.469 e. The number of rotatable bonds is 4. The Kier molecular flexibility index (Phi) is 6.12. The molecule has 1 amide bonds. The fourth-order valence-electron chi connectivity index (χ4n) is 4.55. The third-order valence-electron chi connectivity index (χ3n) is 6.38. The molecule has 0 unspecified atom stereocenters. The van der Waals surface area contributed by atoms with Gasteiger partial charge in [-0.05, 0) is 49.1 Å². The molecule has 3 heterocycles. The number of ether oxygens (including phenoxy) is 1. The third kappa shape index (κ3) is 4.31. The number of anilines is 2. The second-order valence-electron chi connectivity index (χ2n) is 9.15. The highest BCUT2D eigenvalue weighted by molar-refractivity contribution is 6.30. The van der Waals surface area contributed by atoms with Gasteiger partial charge in [-0.3, -0.25) is 9.59 Å². The molecule has 6 nitrogen and oxygen atoms in total. The van der Waals surface area contributed by atoms with Gasteiger partial charge in [-0.25, -0.2) is 9.37 Å². The summed E-state index contributed by atoms with van der Waals surface area (Å²) in [6, 6.07) is 8.38. The van der Waals surface area contributed by atoms with Crippen LogP contribution in [-0.4, -0.2) is 48.5 Å². The molecule has 0 atom stereocenters. The molecule has 4 rings (SSSR count). The third-order valence-corrected chi connectivity index (χ3v) is 6.68. The summed E-state index contributed by atoms with van der Waals surface area (Å²) >= 11 is 5.84. The Labute approximate surface area is 192 Å². The van der Waals surface area contributed by atoms with Crippen molar-refractivity contribution in [1.82, 2.24) is 9.88 Å². The van der Waals surface area contributed by atoms with Crippen molar-refractivity contribution < 1.29 is 18.7 Å². The molecule has 0 aliphatic carbocycles. The number of benzene rings is 1. The number of hydrogen-bond donors (Lipinski definition) is 0. The number of hydrogen-bond acceptors (Lipinski definition) is 5. The number of piperidine rings is 1. The van der Waals surface area contributed by atoms with E-state index in [-0.39, 0.29) is 28.2 Å². The average molecular weight is 460 g/mol. The van der Waals surface area contributed by atoms with Gasteiger partial charge >= 0.3 is 5.97 Å². The Morgan fingerprint density at radius 2 is 1.94 bits per heavy atom. The maximum absolute atomic E-state index is 14.0. The van der Waals surface area contributed by atoms with E-state index in [0.717, 1.165) is 24.2 Å². The zero-order valence-corrected chi connectivity index (χ0v) is 19.3. The van der Waals surface area contributed by atoms with Crippen LogP contribution in [0.4, 0.5) is 15.8 Å². The van der Waals surface area contributed by atoms with Crippen molar-refractivity contribution in [3.05, 3.63) is 52.6 Å². The minimum absolute atomic E-state index is 0.0851. The summed E-state index contributed by atoms with van der Waals surface area (Å²) < 4.78 is 18.8. The normalized spacial score (nSPS) is 17.9. The Bertz CT molecular complexity index is 1050. The number of esters is 1. The summed E-state index contributed by atoms with van der Waals surface area (Å²) in [6.07, 6.45) is 1.94. The van der Waals surface area contributed by atoms with Crippen LogP contribution in [0.5, 0.6) is 0 Å². The fraction of sp³-hybridized carbons (Fsp3) is 0.458. The molecule has 32 heavy (non-hydrogen) atoms. The van der Waals surface area contributed by atoms with Gasteiger partial charge in [0.05, 0.1) is 23.5 Å². The lowest BCUT2D eigenvalue weighted by Crippen LogP contribution is -2.39. The molecule has 0 saturated carbocycles. The number of pyridine rings is 1. The molecular weight excluding hydrogens is 433 g/mol. The first-order valence-electron chi connectivity index (χ1n) is 10.8. The predicted octanol–water partition coefficient (Wildman–Crippen LogP) is 4.72. The van der Waals surface area contributed by atoms with E-state index in [1.165, 1.54) is 13.2 Å². The van der Waals surface area contributed by atoms with Gasteiger partial charge in [0.15, 0.2) is 0 Å². The highest BCUT2D eigenvalue weighted by Crippen LogP contribution is 2.43. The number of carbonyl (C=O) groups excluding carboxylic acids is 2. The Balaban J connectivity index is 1.53. The van der Waals surface area contributed by atoms with E-state index in [0.29, 0.717) is 37.4 Å². The fourth-order valence-corrected chi connectivity index (χ4v) is 4.66. The van der Waals surface area contributed by atoms with Gasteiger partial charge in [0, 0.05) is 37.2 Å². The largest absolute Gasteiger partial charge is 0.469 e. The van der Waals surface area contributed by atoms with Crippen molar-refractivity contribution in [3.8, 4) is 0 Å². The van der Waals surface area contributed by atoms with Crippen molar-refractivity contribution in [3.63, 3.8) is 0 Å². The van der Waals surface area contributed by atoms with E-state index in [9.17, 15) is 14.0 Å². The van der Waals surface area contributed by atoms with Crippen molar-refractivity contribution in [1.29, 1.82) is 0 Å². The van der Waals surface area contributed by atoms with Gasteiger partial charge in [-0.1, -0.05) is 25.4 Å². The molecule has 1 aromatic heterocycles. The number of nitrogens with zero attached hydrogens (tertiary/aromatic N) is 3. The first kappa shape index (κ1) is 22.5. The lowest BCUT2D eigenvalue weighted by Gasteiger charge is -2.31. The molecule has 0 bridgehead atoms. The minimum atomic E-state index is -0.467. The van der Waals surface area contributed by atoms with Crippen molar-refractivity contribution in [2.24, 2.45) is 5.92 Å². The second kappa shape index (κ2) is 8.70. The SMILES string of the molecule is COC(=O)CC1CCN(C(=O)c2ccc3c(n2)C(C)(C)CN3c2ccc(Cl)c(F)c2)CC1. The highest BCUT2D eigenvalue weighted by atomic mass is 35.5. The second-order valence-corrected chi connectivity index (χ2v) is 9.56. The van der Waals surface area contributed by atoms with Gasteiger partial charge in [0.25, 0.3) is 5.91 Å². The Morgan fingerprint density at radius 3 is 2.59 bits per heavy atom. The van der Waals surface area contributed by atoms with Crippen LogP contribution in [0.1, 0.15) is 49.3 Å². The predicted molar refractivity (Wildman–Crippen MR) is 121 cm³/mol. The lowest BCUT2D eigenvalue weighted by molar-refractivity contribution is -0.142. The van der Waals surface area contributed by atoms with E-state index in [1.54, 1.807) is 23.1 Å². The molecule has 2 aliphatic rings. The van der Waals surface area contributed by atoms with Crippen LogP contribution in [0.15, 0.2) is 30.3 Å². The van der Waals surface area contributed by atoms with Crippen LogP contribution in [0.25, 0.3) is 0 Å². The summed E-state index contributed by atoms with van der Waals surface area (Å²) in [6.45, 7) is 5.94. The van der Waals surface area contributed by atoms with Crippen LogP contribution < -0.4 is 4.90 Å². The van der Waals surface area contributed by atoms with E-state index >= 15 is 0 Å². The monoisotopic (exact) mass is 459 g/mol. The van der Waals surface area contributed by atoms with Crippen molar-refractivity contribution >= 4 is 34.9 Å². The summed E-state index contributed by atoms with van der Waals surface area (Å²) in [5, 5.41) is 0.0851. The molecule has 0 radical (unpaired) electrons. The molecule has 8 heteroatoms. The highest BCUT2D eigenvalue weighted by Gasteiger charge is 2.38. The maximum Gasteiger partial charge on any atom is 0.305 e. The topological polar surface area (TPSA) is 62.7 Å². The molecule has 0 N–H and O–H groups in total. The molecule has 1 aromatic carbocycles. The summed E-state index contributed by atoms with van der Waals surface area (Å²) in [5.41, 5.74) is 2.49. The van der Waals surface area contributed by atoms with E-state index < -0.39 is 5.82 Å². The van der Waals surface area contributed by atoms with Crippen LogP contribution in [-0.2, 0) is 14.9 Å². The number of fused-ring (bicyclic) bond motifs is 1. The summed E-state index contributed by atoms with van der Waals surface area (Å²) in [5.74, 6) is -0.531. The van der Waals surface area contributed by atoms with Crippen LogP contribution in [0, 0.1) is 11.7 Å². The van der Waals surface area contributed by atoms with E-state index in [4.69, 9.17) is 21.3 Å². The first-order valence-corrected chi connectivity index (χ1v) is 11.2. The summed E-state index contributed by atoms with van der Waals surface area (Å²) in [4.78, 5) is 33.2. The lowest BCUT2D eigenvalue weighted by atomic mass is 9.91. The Morgan fingerprint density at radius 1 is 1.22 bits per heavy atom. The van der Waals surface area contributed by atoms with Crippen molar-refractivity contribution in [2.75, 3.05) is 31.6 Å². The van der Waals surface area contributed by atoms with Gasteiger partial charge in [0.2, 0.25) is 0 Å². The zero-order chi connectivity index (χ0) is 23.0. The van der Waals surface area contributed by atoms with E-state index in [1.807, 2.05) is 11.0 Å². The summed E-state index contributed by atoms with van der Waals surface area (Å²) in [7, 11) is 1.40. The number of amides is 1. The van der Waals surface area contributed by atoms with Crippen LogP contribution >= 0.6 is 11.6 Å². The molecule has 1 saturated heterocycles. The molecule has 170 valence electrons. The number of likely N-dealkylation sites (tertiary alicyclic amines) is 1. The smallest absolute Gasteiger partial charge is 0.305 e.